The van der Waals surface area contributed by atoms with E-state index in [1.165, 1.54) is 4.90 Å². The Balaban J connectivity index is 2.52. The molecule has 1 nitrogen and oxygen atoms in total. The Morgan fingerprint density at radius 2 is 2.17 bits per heavy atom. The largest absolute Gasteiger partial charge is 0.257 e. The van der Waals surface area contributed by atoms with Crippen LogP contribution in [-0.4, -0.2) is 6.04 Å². The van der Waals surface area contributed by atoms with E-state index in [9.17, 15) is 0 Å². The molecule has 0 spiro atoms. The summed E-state index contributed by atoms with van der Waals surface area (Å²) in [6.45, 7) is 4.26. The third kappa shape index (κ3) is 3.61. The summed E-state index contributed by atoms with van der Waals surface area (Å²) in [6.07, 6.45) is 0. The lowest BCUT2D eigenvalue weighted by molar-refractivity contribution is 0.771. The van der Waals surface area contributed by atoms with E-state index in [0.29, 0.717) is 6.04 Å². The van der Waals surface area contributed by atoms with E-state index < -0.39 is 0 Å². The first-order chi connectivity index (χ1) is 5.68. The van der Waals surface area contributed by atoms with E-state index in [1.54, 1.807) is 11.9 Å². The fourth-order valence-corrected chi connectivity index (χ4v) is 1.97. The molecule has 0 aliphatic carbocycles. The van der Waals surface area contributed by atoms with Gasteiger partial charge in [-0.2, -0.15) is 0 Å². The Bertz CT molecular complexity index is 250. The maximum Gasteiger partial charge on any atom is 0.0239 e. The average molecular weight is 246 g/mol. The monoisotopic (exact) mass is 245 g/mol. The molecule has 0 saturated heterocycles. The van der Waals surface area contributed by atoms with Crippen LogP contribution in [0.3, 0.4) is 0 Å². The van der Waals surface area contributed by atoms with Gasteiger partial charge in [0.05, 0.1) is 0 Å². The van der Waals surface area contributed by atoms with Crippen LogP contribution in [0.2, 0.25) is 0 Å². The van der Waals surface area contributed by atoms with Crippen molar-refractivity contribution in [2.24, 2.45) is 0 Å². The van der Waals surface area contributed by atoms with Crippen molar-refractivity contribution in [3.8, 4) is 0 Å². The maximum atomic E-state index is 3.43. The second-order valence-corrected chi connectivity index (χ2v) is 4.66. The number of hydrogen-bond donors (Lipinski definition) is 1. The molecule has 0 aliphatic heterocycles. The molecule has 1 aromatic rings. The maximum absolute atomic E-state index is 3.43. The second kappa shape index (κ2) is 4.90. The summed E-state index contributed by atoms with van der Waals surface area (Å²) in [4.78, 5) is 1.23. The minimum absolute atomic E-state index is 0.508. The lowest BCUT2D eigenvalue weighted by atomic mass is 10.4. The SMILES string of the molecule is CC(C)NSc1cccc(Br)c1. The summed E-state index contributed by atoms with van der Waals surface area (Å²) in [5, 5.41) is 0. The Morgan fingerprint density at radius 3 is 2.75 bits per heavy atom. The highest BCUT2D eigenvalue weighted by Gasteiger charge is 1.95. The molecule has 66 valence electrons. The van der Waals surface area contributed by atoms with Gasteiger partial charge >= 0.3 is 0 Å². The van der Waals surface area contributed by atoms with Crippen LogP contribution < -0.4 is 4.72 Å². The van der Waals surface area contributed by atoms with Gasteiger partial charge in [-0.3, -0.25) is 4.72 Å². The van der Waals surface area contributed by atoms with Crippen LogP contribution in [0.1, 0.15) is 13.8 Å². The van der Waals surface area contributed by atoms with Crippen LogP contribution in [0.15, 0.2) is 33.6 Å². The number of rotatable bonds is 3. The lowest BCUT2D eigenvalue weighted by Crippen LogP contribution is -2.13. The molecule has 0 heterocycles. The number of hydrogen-bond acceptors (Lipinski definition) is 2. The predicted octanol–water partition coefficient (Wildman–Crippen LogP) is 3.45. The van der Waals surface area contributed by atoms with Crippen LogP contribution in [0.25, 0.3) is 0 Å². The smallest absolute Gasteiger partial charge is 0.0239 e. The summed E-state index contributed by atoms with van der Waals surface area (Å²) in [5.41, 5.74) is 0. The molecule has 0 radical (unpaired) electrons. The molecule has 0 saturated carbocycles. The first-order valence-electron chi connectivity index (χ1n) is 3.86. The van der Waals surface area contributed by atoms with Crippen molar-refractivity contribution in [1.82, 2.24) is 4.72 Å². The third-order valence-electron chi connectivity index (χ3n) is 1.21. The zero-order valence-electron chi connectivity index (χ0n) is 7.17. The van der Waals surface area contributed by atoms with Gasteiger partial charge < -0.3 is 0 Å². The van der Waals surface area contributed by atoms with Crippen LogP contribution in [0.4, 0.5) is 0 Å². The predicted molar refractivity (Wildman–Crippen MR) is 58.3 cm³/mol. The first kappa shape index (κ1) is 10.1. The van der Waals surface area contributed by atoms with Gasteiger partial charge in [0.25, 0.3) is 0 Å². The first-order valence-corrected chi connectivity index (χ1v) is 5.47. The lowest BCUT2D eigenvalue weighted by Gasteiger charge is -2.06. The molecule has 0 unspecified atom stereocenters. The fraction of sp³-hybridized carbons (Fsp3) is 0.333. The Morgan fingerprint density at radius 1 is 1.42 bits per heavy atom. The molecule has 3 heteroatoms. The number of benzene rings is 1. The standard InChI is InChI=1S/C9H12BrNS/c1-7(2)11-12-9-5-3-4-8(10)6-9/h3-7,11H,1-2H3. The van der Waals surface area contributed by atoms with Gasteiger partial charge in [0, 0.05) is 15.4 Å². The van der Waals surface area contributed by atoms with Gasteiger partial charge in [-0.1, -0.05) is 22.0 Å². The van der Waals surface area contributed by atoms with Crippen molar-refractivity contribution in [2.45, 2.75) is 24.8 Å². The molecule has 1 aromatic carbocycles. The Hall–Kier alpha value is 0.01000. The highest BCUT2D eigenvalue weighted by Crippen LogP contribution is 2.19. The zero-order chi connectivity index (χ0) is 8.97. The summed E-state index contributed by atoms with van der Waals surface area (Å²) in [5.74, 6) is 0. The van der Waals surface area contributed by atoms with Crippen molar-refractivity contribution in [2.75, 3.05) is 0 Å². The number of halogens is 1. The summed E-state index contributed by atoms with van der Waals surface area (Å²) >= 11 is 5.09. The van der Waals surface area contributed by atoms with Gasteiger partial charge in [-0.25, -0.2) is 0 Å². The number of nitrogens with one attached hydrogen (secondary N) is 1. The topological polar surface area (TPSA) is 12.0 Å². The van der Waals surface area contributed by atoms with Crippen LogP contribution in [0, 0.1) is 0 Å². The fourth-order valence-electron chi connectivity index (χ4n) is 0.716. The van der Waals surface area contributed by atoms with Gasteiger partial charge in [-0.05, 0) is 44.0 Å². The molecule has 12 heavy (non-hydrogen) atoms. The average Bonchev–Trinajstić information content (AvgIpc) is 2.01. The molecule has 0 aromatic heterocycles. The quantitative estimate of drug-likeness (QED) is 0.820. The molecule has 1 N–H and O–H groups in total. The van der Waals surface area contributed by atoms with E-state index in [4.69, 9.17) is 0 Å². The molecule has 0 bridgehead atoms. The Labute approximate surface area is 86.2 Å². The third-order valence-corrected chi connectivity index (χ3v) is 2.78. The van der Waals surface area contributed by atoms with Crippen molar-refractivity contribution >= 4 is 27.9 Å². The van der Waals surface area contributed by atoms with Crippen molar-refractivity contribution in [1.29, 1.82) is 0 Å². The van der Waals surface area contributed by atoms with E-state index in [0.717, 1.165) is 4.47 Å². The van der Waals surface area contributed by atoms with E-state index in [1.807, 2.05) is 12.1 Å². The van der Waals surface area contributed by atoms with Crippen LogP contribution in [0.5, 0.6) is 0 Å². The van der Waals surface area contributed by atoms with E-state index in [-0.39, 0.29) is 0 Å². The minimum atomic E-state index is 0.508. The van der Waals surface area contributed by atoms with Crippen molar-refractivity contribution in [3.05, 3.63) is 28.7 Å². The highest BCUT2D eigenvalue weighted by molar-refractivity contribution is 9.10. The second-order valence-electron chi connectivity index (χ2n) is 2.83. The van der Waals surface area contributed by atoms with Crippen LogP contribution >= 0.6 is 27.9 Å². The Kier molecular flexibility index (Phi) is 4.12. The summed E-state index contributed by atoms with van der Waals surface area (Å²) in [7, 11) is 0. The summed E-state index contributed by atoms with van der Waals surface area (Å²) in [6, 6.07) is 8.76. The molecular weight excluding hydrogens is 234 g/mol. The van der Waals surface area contributed by atoms with Gasteiger partial charge in [0.1, 0.15) is 0 Å². The van der Waals surface area contributed by atoms with E-state index in [2.05, 4.69) is 46.6 Å². The van der Waals surface area contributed by atoms with Crippen LogP contribution in [-0.2, 0) is 0 Å². The molecular formula is C9H12BrNS. The zero-order valence-corrected chi connectivity index (χ0v) is 9.58. The summed E-state index contributed by atoms with van der Waals surface area (Å²) < 4.78 is 4.41. The van der Waals surface area contributed by atoms with E-state index >= 15 is 0 Å². The minimum Gasteiger partial charge on any atom is -0.257 e. The van der Waals surface area contributed by atoms with Gasteiger partial charge in [0.15, 0.2) is 0 Å². The van der Waals surface area contributed by atoms with Crippen molar-refractivity contribution in [3.63, 3.8) is 0 Å². The molecule has 0 amide bonds. The molecule has 0 atom stereocenters. The van der Waals surface area contributed by atoms with Gasteiger partial charge in [-0.15, -0.1) is 0 Å². The van der Waals surface area contributed by atoms with Crippen molar-refractivity contribution < 1.29 is 0 Å². The molecule has 1 rings (SSSR count). The molecule has 0 fully saturated rings. The van der Waals surface area contributed by atoms with Gasteiger partial charge in [0.2, 0.25) is 0 Å². The normalized spacial score (nSPS) is 10.7. The molecule has 0 aliphatic rings. The highest BCUT2D eigenvalue weighted by atomic mass is 79.9.